The molecule has 2 aromatic carbocycles. The summed E-state index contributed by atoms with van der Waals surface area (Å²) in [6, 6.07) is 21.8. The molecule has 0 amide bonds. The summed E-state index contributed by atoms with van der Waals surface area (Å²) >= 11 is 3.19. The molecule has 0 fully saturated rings. The zero-order valence-corrected chi connectivity index (χ0v) is 16.3. The van der Waals surface area contributed by atoms with Gasteiger partial charge in [0, 0.05) is 11.1 Å². The predicted octanol–water partition coefficient (Wildman–Crippen LogP) is 5.58. The van der Waals surface area contributed by atoms with E-state index >= 15 is 0 Å². The standard InChI is InChI=1S/C21H17N3OS2/c1-25-16-11-9-14(10-12-16)19(22)24-21-18(17-8-5-13-26-17)23-20(27-21)15-6-3-2-4-7-15/h2-13H,1H3,(H2,22,24). The van der Waals surface area contributed by atoms with Crippen LogP contribution in [0.1, 0.15) is 5.56 Å². The van der Waals surface area contributed by atoms with Crippen molar-refractivity contribution < 1.29 is 4.74 Å². The molecule has 2 heterocycles. The molecule has 0 aliphatic carbocycles. The van der Waals surface area contributed by atoms with Crippen LogP contribution >= 0.6 is 22.7 Å². The van der Waals surface area contributed by atoms with Crippen LogP contribution in [-0.2, 0) is 0 Å². The molecule has 27 heavy (non-hydrogen) atoms. The van der Waals surface area contributed by atoms with Crippen LogP contribution in [0.25, 0.3) is 21.1 Å². The van der Waals surface area contributed by atoms with E-state index in [9.17, 15) is 0 Å². The van der Waals surface area contributed by atoms with Crippen molar-refractivity contribution in [2.75, 3.05) is 7.11 Å². The zero-order valence-electron chi connectivity index (χ0n) is 14.6. The minimum absolute atomic E-state index is 0.457. The Morgan fingerprint density at radius 1 is 1.00 bits per heavy atom. The first-order chi connectivity index (χ1) is 13.2. The third-order valence-electron chi connectivity index (χ3n) is 3.99. The Hall–Kier alpha value is -2.96. The molecular formula is C21H17N3OS2. The fraction of sp³-hybridized carbons (Fsp3) is 0.0476. The van der Waals surface area contributed by atoms with E-state index in [1.165, 1.54) is 0 Å². The van der Waals surface area contributed by atoms with Gasteiger partial charge in [-0.05, 0) is 35.7 Å². The summed E-state index contributed by atoms with van der Waals surface area (Å²) in [7, 11) is 1.64. The second-order valence-corrected chi connectivity index (χ2v) is 7.67. The van der Waals surface area contributed by atoms with Crippen LogP contribution in [0.5, 0.6) is 5.75 Å². The molecule has 4 aromatic rings. The topological polar surface area (TPSA) is 60.5 Å². The molecule has 0 saturated heterocycles. The highest BCUT2D eigenvalue weighted by Gasteiger charge is 2.15. The van der Waals surface area contributed by atoms with Crippen molar-refractivity contribution in [1.29, 1.82) is 0 Å². The number of benzene rings is 2. The van der Waals surface area contributed by atoms with Gasteiger partial charge in [-0.25, -0.2) is 9.98 Å². The predicted molar refractivity (Wildman–Crippen MR) is 114 cm³/mol. The fourth-order valence-electron chi connectivity index (χ4n) is 2.60. The van der Waals surface area contributed by atoms with Gasteiger partial charge in [0.25, 0.3) is 0 Å². The molecule has 4 nitrogen and oxygen atoms in total. The van der Waals surface area contributed by atoms with Crippen molar-refractivity contribution >= 4 is 33.5 Å². The molecule has 0 bridgehead atoms. The highest BCUT2D eigenvalue weighted by atomic mass is 32.1. The number of nitrogens with zero attached hydrogens (tertiary/aromatic N) is 2. The van der Waals surface area contributed by atoms with Crippen molar-refractivity contribution in [2.45, 2.75) is 0 Å². The Morgan fingerprint density at radius 2 is 1.78 bits per heavy atom. The highest BCUT2D eigenvalue weighted by molar-refractivity contribution is 7.20. The van der Waals surface area contributed by atoms with E-state index in [0.29, 0.717) is 5.84 Å². The highest BCUT2D eigenvalue weighted by Crippen LogP contribution is 2.41. The van der Waals surface area contributed by atoms with Crippen molar-refractivity contribution in [1.82, 2.24) is 4.98 Å². The van der Waals surface area contributed by atoms with Gasteiger partial charge in [0.15, 0.2) is 0 Å². The molecule has 6 heteroatoms. The van der Waals surface area contributed by atoms with Gasteiger partial charge in [-0.2, -0.15) is 0 Å². The number of aliphatic imine (C=N–C) groups is 1. The number of hydrogen-bond donors (Lipinski definition) is 1. The fourth-order valence-corrected chi connectivity index (χ4v) is 4.35. The zero-order chi connectivity index (χ0) is 18.6. The molecule has 4 rings (SSSR count). The molecule has 0 aliphatic heterocycles. The summed E-state index contributed by atoms with van der Waals surface area (Å²) in [5.74, 6) is 1.24. The van der Waals surface area contributed by atoms with Gasteiger partial charge in [0.1, 0.15) is 27.3 Å². The molecule has 0 spiro atoms. The van der Waals surface area contributed by atoms with E-state index in [1.807, 2.05) is 53.9 Å². The van der Waals surface area contributed by atoms with E-state index in [4.69, 9.17) is 20.4 Å². The third kappa shape index (κ3) is 3.77. The Bertz CT molecular complexity index is 1050. The molecule has 0 saturated carbocycles. The van der Waals surface area contributed by atoms with Crippen molar-refractivity contribution in [3.8, 4) is 26.9 Å². The molecule has 0 radical (unpaired) electrons. The van der Waals surface area contributed by atoms with E-state index in [2.05, 4.69) is 18.2 Å². The number of aromatic nitrogens is 1. The van der Waals surface area contributed by atoms with Crippen molar-refractivity contribution in [3.63, 3.8) is 0 Å². The van der Waals surface area contributed by atoms with Crippen LogP contribution < -0.4 is 10.5 Å². The molecule has 0 unspecified atom stereocenters. The maximum atomic E-state index is 6.28. The Morgan fingerprint density at radius 3 is 2.44 bits per heavy atom. The van der Waals surface area contributed by atoms with E-state index in [1.54, 1.807) is 29.8 Å². The van der Waals surface area contributed by atoms with Crippen molar-refractivity contribution in [2.24, 2.45) is 10.7 Å². The minimum Gasteiger partial charge on any atom is -0.497 e. The Labute approximate surface area is 165 Å². The first-order valence-electron chi connectivity index (χ1n) is 8.33. The Kier molecular flexibility index (Phi) is 5.00. The van der Waals surface area contributed by atoms with Gasteiger partial charge in [-0.1, -0.05) is 47.7 Å². The number of thiazole rings is 1. The van der Waals surface area contributed by atoms with Gasteiger partial charge in [0.2, 0.25) is 0 Å². The molecule has 0 atom stereocenters. The van der Waals surface area contributed by atoms with Crippen LogP contribution in [0.15, 0.2) is 77.1 Å². The summed E-state index contributed by atoms with van der Waals surface area (Å²) in [4.78, 5) is 10.6. The van der Waals surface area contributed by atoms with Crippen LogP contribution in [0, 0.1) is 0 Å². The number of ether oxygens (including phenoxy) is 1. The lowest BCUT2D eigenvalue weighted by molar-refractivity contribution is 0.415. The smallest absolute Gasteiger partial charge is 0.147 e. The summed E-state index contributed by atoms with van der Waals surface area (Å²) in [6.07, 6.45) is 0. The molecule has 2 aromatic heterocycles. The quantitative estimate of drug-likeness (QED) is 0.357. The van der Waals surface area contributed by atoms with Gasteiger partial charge in [-0.15, -0.1) is 11.3 Å². The molecule has 2 N–H and O–H groups in total. The number of methoxy groups -OCH3 is 1. The number of rotatable bonds is 5. The number of nitrogens with two attached hydrogens (primary N) is 1. The van der Waals surface area contributed by atoms with Crippen LogP contribution in [0.4, 0.5) is 5.00 Å². The second-order valence-electron chi connectivity index (χ2n) is 5.74. The van der Waals surface area contributed by atoms with E-state index in [-0.39, 0.29) is 0 Å². The lowest BCUT2D eigenvalue weighted by atomic mass is 10.2. The number of hydrogen-bond acceptors (Lipinski definition) is 5. The summed E-state index contributed by atoms with van der Waals surface area (Å²) < 4.78 is 5.20. The SMILES string of the molecule is COc1ccc(/C(N)=N/c2sc(-c3ccccc3)nc2-c2cccs2)cc1. The summed E-state index contributed by atoms with van der Waals surface area (Å²) in [6.45, 7) is 0. The van der Waals surface area contributed by atoms with Crippen LogP contribution in [0.3, 0.4) is 0 Å². The molecule has 0 aliphatic rings. The third-order valence-corrected chi connectivity index (χ3v) is 5.87. The van der Waals surface area contributed by atoms with E-state index in [0.717, 1.165) is 37.5 Å². The van der Waals surface area contributed by atoms with E-state index < -0.39 is 0 Å². The maximum absolute atomic E-state index is 6.28. The average Bonchev–Trinajstić information content (AvgIpc) is 3.38. The monoisotopic (exact) mass is 391 g/mol. The minimum atomic E-state index is 0.457. The maximum Gasteiger partial charge on any atom is 0.147 e. The lowest BCUT2D eigenvalue weighted by Crippen LogP contribution is -2.12. The first-order valence-corrected chi connectivity index (χ1v) is 10.0. The van der Waals surface area contributed by atoms with Gasteiger partial charge in [-0.3, -0.25) is 0 Å². The normalized spacial score (nSPS) is 11.5. The van der Waals surface area contributed by atoms with Gasteiger partial charge in [0.05, 0.1) is 12.0 Å². The Balaban J connectivity index is 1.77. The second kappa shape index (κ2) is 7.73. The van der Waals surface area contributed by atoms with Crippen molar-refractivity contribution in [3.05, 3.63) is 77.7 Å². The van der Waals surface area contributed by atoms with Crippen LogP contribution in [0.2, 0.25) is 0 Å². The average molecular weight is 392 g/mol. The van der Waals surface area contributed by atoms with Crippen LogP contribution in [-0.4, -0.2) is 17.9 Å². The molecule has 134 valence electrons. The summed E-state index contributed by atoms with van der Waals surface area (Å²) in [5.41, 5.74) is 9.07. The van der Waals surface area contributed by atoms with Gasteiger partial charge >= 0.3 is 0 Å². The number of thiophene rings is 1. The molecular weight excluding hydrogens is 374 g/mol. The first kappa shape index (κ1) is 17.5. The summed E-state index contributed by atoms with van der Waals surface area (Å²) in [5, 5.41) is 3.78. The van der Waals surface area contributed by atoms with Gasteiger partial charge < -0.3 is 10.5 Å². The number of amidine groups is 1. The lowest BCUT2D eigenvalue weighted by Gasteiger charge is -2.03. The largest absolute Gasteiger partial charge is 0.497 e.